The number of rotatable bonds is 4. The summed E-state index contributed by atoms with van der Waals surface area (Å²) in [4.78, 5) is 28.0. The molecule has 2 saturated heterocycles. The molecular formula is C15H24N2O3. The molecule has 0 radical (unpaired) electrons. The molecule has 1 saturated carbocycles. The van der Waals surface area contributed by atoms with Crippen LogP contribution in [-0.4, -0.2) is 60.0 Å². The van der Waals surface area contributed by atoms with E-state index in [1.54, 1.807) is 7.11 Å². The average Bonchev–Trinajstić information content (AvgIpc) is 3.29. The van der Waals surface area contributed by atoms with Crippen LogP contribution < -0.4 is 0 Å². The molecule has 0 N–H and O–H groups in total. The van der Waals surface area contributed by atoms with Crippen LogP contribution in [0, 0.1) is 5.92 Å². The van der Waals surface area contributed by atoms with Gasteiger partial charge < -0.3 is 14.5 Å². The summed E-state index contributed by atoms with van der Waals surface area (Å²) in [7, 11) is 1.63. The van der Waals surface area contributed by atoms with E-state index in [1.165, 1.54) is 12.8 Å². The molecule has 0 aromatic rings. The highest BCUT2D eigenvalue weighted by Crippen LogP contribution is 2.45. The minimum absolute atomic E-state index is 0.140. The van der Waals surface area contributed by atoms with Crippen LogP contribution in [0.2, 0.25) is 0 Å². The molecule has 1 aliphatic carbocycles. The number of hydrogen-bond acceptors (Lipinski definition) is 3. The molecule has 0 aromatic heterocycles. The van der Waals surface area contributed by atoms with Gasteiger partial charge in [0.25, 0.3) is 5.91 Å². The normalized spacial score (nSPS) is 28.7. The quantitative estimate of drug-likeness (QED) is 0.723. The van der Waals surface area contributed by atoms with Crippen molar-refractivity contribution < 1.29 is 14.3 Å². The van der Waals surface area contributed by atoms with E-state index in [0.29, 0.717) is 12.3 Å². The van der Waals surface area contributed by atoms with Gasteiger partial charge in [-0.2, -0.15) is 0 Å². The minimum Gasteiger partial charge on any atom is -0.369 e. The lowest BCUT2D eigenvalue weighted by atomic mass is 9.73. The van der Waals surface area contributed by atoms with Gasteiger partial charge in [0.1, 0.15) is 0 Å². The van der Waals surface area contributed by atoms with Crippen molar-refractivity contribution in [2.24, 2.45) is 5.92 Å². The van der Waals surface area contributed by atoms with Crippen molar-refractivity contribution in [2.45, 2.75) is 50.7 Å². The Bertz CT molecular complexity index is 411. The summed E-state index contributed by atoms with van der Waals surface area (Å²) in [5.74, 6) is 1.06. The van der Waals surface area contributed by atoms with Crippen molar-refractivity contribution in [2.75, 3.05) is 26.7 Å². The molecule has 0 aromatic carbocycles. The van der Waals surface area contributed by atoms with Crippen LogP contribution in [0.25, 0.3) is 0 Å². The summed E-state index contributed by atoms with van der Waals surface area (Å²) >= 11 is 0. The Kier molecular flexibility index (Phi) is 3.48. The second-order valence-electron chi connectivity index (χ2n) is 6.35. The molecule has 1 spiro atoms. The molecule has 0 bridgehead atoms. The third-order valence-corrected chi connectivity index (χ3v) is 5.17. The Morgan fingerprint density at radius 2 is 2.00 bits per heavy atom. The van der Waals surface area contributed by atoms with Crippen molar-refractivity contribution in [3.63, 3.8) is 0 Å². The fourth-order valence-corrected chi connectivity index (χ4v) is 3.72. The molecule has 2 aliphatic heterocycles. The van der Waals surface area contributed by atoms with Crippen LogP contribution >= 0.6 is 0 Å². The molecule has 1 unspecified atom stereocenters. The van der Waals surface area contributed by atoms with E-state index in [-0.39, 0.29) is 23.5 Å². The van der Waals surface area contributed by atoms with Crippen LogP contribution in [0.15, 0.2) is 0 Å². The number of carbonyl (C=O) groups excluding carboxylic acids is 2. The molecule has 20 heavy (non-hydrogen) atoms. The van der Waals surface area contributed by atoms with Crippen LogP contribution in [-0.2, 0) is 14.3 Å². The van der Waals surface area contributed by atoms with E-state index in [0.717, 1.165) is 32.5 Å². The average molecular weight is 280 g/mol. The van der Waals surface area contributed by atoms with Crippen molar-refractivity contribution in [3.05, 3.63) is 0 Å². The van der Waals surface area contributed by atoms with Crippen LogP contribution in [0.5, 0.6) is 0 Å². The summed E-state index contributed by atoms with van der Waals surface area (Å²) < 4.78 is 5.45. The molecule has 3 fully saturated rings. The van der Waals surface area contributed by atoms with Crippen molar-refractivity contribution in [3.8, 4) is 0 Å². The van der Waals surface area contributed by atoms with Crippen LogP contribution in [0.3, 0.4) is 0 Å². The Balaban J connectivity index is 1.69. The van der Waals surface area contributed by atoms with Crippen LogP contribution in [0.1, 0.15) is 39.0 Å². The second kappa shape index (κ2) is 5.02. The maximum absolute atomic E-state index is 12.2. The molecule has 112 valence electrons. The third-order valence-electron chi connectivity index (χ3n) is 5.17. The minimum atomic E-state index is -0.292. The van der Waals surface area contributed by atoms with Crippen molar-refractivity contribution in [1.82, 2.24) is 9.80 Å². The van der Waals surface area contributed by atoms with E-state index in [9.17, 15) is 9.59 Å². The number of likely N-dealkylation sites (tertiary alicyclic amines) is 2. The lowest BCUT2D eigenvalue weighted by Crippen LogP contribution is -2.77. The lowest BCUT2D eigenvalue weighted by molar-refractivity contribution is -0.199. The standard InChI is InChI=1S/C15H24N2O3/c1-3-12(18)16-8-6-15(7-9-16)13(20-2)14(19)17(15)10-11-4-5-11/h11,13H,3-10H2,1-2H3. The van der Waals surface area contributed by atoms with E-state index >= 15 is 0 Å². The third kappa shape index (κ3) is 2.03. The number of carbonyl (C=O) groups is 2. The molecule has 5 heteroatoms. The predicted molar refractivity (Wildman–Crippen MR) is 74.1 cm³/mol. The summed E-state index contributed by atoms with van der Waals surface area (Å²) in [5, 5.41) is 0. The maximum atomic E-state index is 12.2. The topological polar surface area (TPSA) is 49.9 Å². The Morgan fingerprint density at radius 1 is 1.35 bits per heavy atom. The molecule has 3 aliphatic rings. The van der Waals surface area contributed by atoms with E-state index in [2.05, 4.69) is 0 Å². The largest absolute Gasteiger partial charge is 0.369 e. The fraction of sp³-hybridized carbons (Fsp3) is 0.867. The molecule has 1 atom stereocenters. The first-order chi connectivity index (χ1) is 9.62. The van der Waals surface area contributed by atoms with Crippen molar-refractivity contribution in [1.29, 1.82) is 0 Å². The van der Waals surface area contributed by atoms with Gasteiger partial charge >= 0.3 is 0 Å². The van der Waals surface area contributed by atoms with Gasteiger partial charge in [0.15, 0.2) is 6.10 Å². The smallest absolute Gasteiger partial charge is 0.254 e. The van der Waals surface area contributed by atoms with Gasteiger partial charge in [-0.15, -0.1) is 0 Å². The first kappa shape index (κ1) is 13.9. The summed E-state index contributed by atoms with van der Waals surface area (Å²) in [6, 6.07) is 0. The summed E-state index contributed by atoms with van der Waals surface area (Å²) in [6.07, 6.45) is 4.48. The molecule has 2 amide bonds. The number of hydrogen-bond donors (Lipinski definition) is 0. The number of methoxy groups -OCH3 is 1. The number of β-lactam (4-membered cyclic amide) rings is 1. The highest BCUT2D eigenvalue weighted by atomic mass is 16.5. The Morgan fingerprint density at radius 3 is 2.50 bits per heavy atom. The van der Waals surface area contributed by atoms with Gasteiger partial charge in [-0.1, -0.05) is 6.92 Å². The SMILES string of the molecule is CCC(=O)N1CCC2(CC1)C(OC)C(=O)N2CC1CC1. The second-order valence-corrected chi connectivity index (χ2v) is 6.35. The highest BCUT2D eigenvalue weighted by molar-refractivity contribution is 5.90. The first-order valence-electron chi connectivity index (χ1n) is 7.74. The zero-order valence-corrected chi connectivity index (χ0v) is 12.4. The fourth-order valence-electron chi connectivity index (χ4n) is 3.72. The van der Waals surface area contributed by atoms with Gasteiger partial charge in [-0.25, -0.2) is 0 Å². The number of amides is 2. The zero-order chi connectivity index (χ0) is 14.3. The van der Waals surface area contributed by atoms with Gasteiger partial charge in [0.2, 0.25) is 5.91 Å². The predicted octanol–water partition coefficient (Wildman–Crippen LogP) is 1.02. The zero-order valence-electron chi connectivity index (χ0n) is 12.4. The molecular weight excluding hydrogens is 256 g/mol. The number of nitrogens with zero attached hydrogens (tertiary/aromatic N) is 2. The molecule has 3 rings (SSSR count). The van der Waals surface area contributed by atoms with E-state index in [1.807, 2.05) is 16.7 Å². The highest BCUT2D eigenvalue weighted by Gasteiger charge is 2.61. The maximum Gasteiger partial charge on any atom is 0.254 e. The van der Waals surface area contributed by atoms with E-state index in [4.69, 9.17) is 4.74 Å². The lowest BCUT2D eigenvalue weighted by Gasteiger charge is -2.59. The Hall–Kier alpha value is -1.10. The summed E-state index contributed by atoms with van der Waals surface area (Å²) in [5.41, 5.74) is -0.140. The van der Waals surface area contributed by atoms with Crippen molar-refractivity contribution >= 4 is 11.8 Å². The number of ether oxygens (including phenoxy) is 1. The van der Waals surface area contributed by atoms with Crippen LogP contribution in [0.4, 0.5) is 0 Å². The monoisotopic (exact) mass is 280 g/mol. The van der Waals surface area contributed by atoms with E-state index < -0.39 is 0 Å². The van der Waals surface area contributed by atoms with Gasteiger partial charge in [0.05, 0.1) is 5.54 Å². The van der Waals surface area contributed by atoms with Gasteiger partial charge in [-0.3, -0.25) is 9.59 Å². The van der Waals surface area contributed by atoms with Gasteiger partial charge in [-0.05, 0) is 31.6 Å². The Labute approximate surface area is 120 Å². The number of piperidine rings is 1. The first-order valence-corrected chi connectivity index (χ1v) is 7.74. The molecule has 5 nitrogen and oxygen atoms in total. The molecule has 2 heterocycles. The summed E-state index contributed by atoms with van der Waals surface area (Å²) in [6.45, 7) is 4.29. The van der Waals surface area contributed by atoms with Gasteiger partial charge in [0, 0.05) is 33.2 Å².